The highest BCUT2D eigenvalue weighted by Gasteiger charge is 2.24. The summed E-state index contributed by atoms with van der Waals surface area (Å²) in [5.41, 5.74) is 1.39. The molecule has 19 heavy (non-hydrogen) atoms. The summed E-state index contributed by atoms with van der Waals surface area (Å²) in [5, 5.41) is 0. The van der Waals surface area contributed by atoms with Gasteiger partial charge in [0.15, 0.2) is 0 Å². The number of benzene rings is 1. The number of ether oxygens (including phenoxy) is 2. The van der Waals surface area contributed by atoms with Crippen molar-refractivity contribution in [1.82, 2.24) is 0 Å². The molecule has 0 saturated heterocycles. The molecular weight excluding hydrogens is 236 g/mol. The van der Waals surface area contributed by atoms with Gasteiger partial charge in [-0.1, -0.05) is 26.7 Å². The highest BCUT2D eigenvalue weighted by atomic mass is 16.5. The Morgan fingerprint density at radius 2 is 1.42 bits per heavy atom. The fraction of sp³-hybridized carbons (Fsp3) is 0.647. The molecule has 2 rings (SSSR count). The van der Waals surface area contributed by atoms with Crippen LogP contribution in [0, 0.1) is 0 Å². The number of unbranched alkanes of at least 4 members (excludes halogenated alkanes) is 2. The van der Waals surface area contributed by atoms with Crippen LogP contribution in [0.15, 0.2) is 18.2 Å². The molecule has 0 heterocycles. The van der Waals surface area contributed by atoms with Gasteiger partial charge in [0, 0.05) is 6.07 Å². The average Bonchev–Trinajstić information content (AvgIpc) is 3.24. The smallest absolute Gasteiger partial charge is 0.123 e. The third kappa shape index (κ3) is 4.77. The molecule has 1 saturated carbocycles. The first-order valence-corrected chi connectivity index (χ1v) is 7.74. The molecule has 1 aromatic rings. The van der Waals surface area contributed by atoms with Crippen LogP contribution in [0.1, 0.15) is 63.9 Å². The molecular formula is C17H26O2. The molecule has 0 radical (unpaired) electrons. The molecule has 0 aliphatic heterocycles. The van der Waals surface area contributed by atoms with Crippen LogP contribution in [0.4, 0.5) is 0 Å². The highest BCUT2D eigenvalue weighted by molar-refractivity contribution is 5.41. The molecule has 1 aliphatic rings. The molecule has 0 amide bonds. The number of hydrogen-bond donors (Lipinski definition) is 0. The normalized spacial score (nSPS) is 14.4. The van der Waals surface area contributed by atoms with Crippen molar-refractivity contribution in [1.29, 1.82) is 0 Å². The fourth-order valence-electron chi connectivity index (χ4n) is 2.08. The lowest BCUT2D eigenvalue weighted by atomic mass is 10.1. The van der Waals surface area contributed by atoms with Crippen LogP contribution in [0.5, 0.6) is 11.5 Å². The number of hydrogen-bond acceptors (Lipinski definition) is 2. The first kappa shape index (κ1) is 14.2. The maximum atomic E-state index is 5.83. The molecule has 0 unspecified atom stereocenters. The van der Waals surface area contributed by atoms with Gasteiger partial charge in [-0.05, 0) is 49.3 Å². The van der Waals surface area contributed by atoms with Crippen LogP contribution in [0.2, 0.25) is 0 Å². The van der Waals surface area contributed by atoms with Crippen molar-refractivity contribution in [3.63, 3.8) is 0 Å². The third-order valence-corrected chi connectivity index (χ3v) is 3.48. The summed E-state index contributed by atoms with van der Waals surface area (Å²) >= 11 is 0. The topological polar surface area (TPSA) is 18.5 Å². The minimum atomic E-state index is 0.739. The van der Waals surface area contributed by atoms with Crippen molar-refractivity contribution in [2.45, 2.75) is 58.3 Å². The lowest BCUT2D eigenvalue weighted by Crippen LogP contribution is -2.00. The molecule has 106 valence electrons. The Kier molecular flexibility index (Phi) is 5.56. The van der Waals surface area contributed by atoms with Crippen LogP contribution in [0.25, 0.3) is 0 Å². The van der Waals surface area contributed by atoms with Crippen molar-refractivity contribution in [2.24, 2.45) is 0 Å². The van der Waals surface area contributed by atoms with E-state index in [-0.39, 0.29) is 0 Å². The Morgan fingerprint density at radius 3 is 1.84 bits per heavy atom. The van der Waals surface area contributed by atoms with Crippen LogP contribution in [0.3, 0.4) is 0 Å². The van der Waals surface area contributed by atoms with E-state index in [1.165, 1.54) is 31.2 Å². The van der Waals surface area contributed by atoms with Gasteiger partial charge in [-0.15, -0.1) is 0 Å². The first-order chi connectivity index (χ1) is 9.33. The molecule has 2 nitrogen and oxygen atoms in total. The van der Waals surface area contributed by atoms with Gasteiger partial charge in [0.05, 0.1) is 13.2 Å². The predicted octanol–water partition coefficient (Wildman–Crippen LogP) is 4.92. The Hall–Kier alpha value is -1.18. The SMILES string of the molecule is CCCCOc1cc(OCCCC)cc(C2CC2)c1. The van der Waals surface area contributed by atoms with Gasteiger partial charge in [-0.2, -0.15) is 0 Å². The summed E-state index contributed by atoms with van der Waals surface area (Å²) in [6.45, 7) is 5.98. The Morgan fingerprint density at radius 1 is 0.895 bits per heavy atom. The molecule has 1 aromatic carbocycles. The molecule has 0 atom stereocenters. The second-order valence-corrected chi connectivity index (χ2v) is 5.42. The van der Waals surface area contributed by atoms with Crippen LogP contribution in [-0.4, -0.2) is 13.2 Å². The van der Waals surface area contributed by atoms with Gasteiger partial charge in [0.25, 0.3) is 0 Å². The third-order valence-electron chi connectivity index (χ3n) is 3.48. The quantitative estimate of drug-likeness (QED) is 0.588. The minimum absolute atomic E-state index is 0.739. The second-order valence-electron chi connectivity index (χ2n) is 5.42. The van der Waals surface area contributed by atoms with Gasteiger partial charge in [-0.25, -0.2) is 0 Å². The van der Waals surface area contributed by atoms with E-state index >= 15 is 0 Å². The van der Waals surface area contributed by atoms with E-state index in [4.69, 9.17) is 9.47 Å². The molecule has 1 fully saturated rings. The van der Waals surface area contributed by atoms with E-state index in [0.29, 0.717) is 0 Å². The largest absolute Gasteiger partial charge is 0.493 e. The second kappa shape index (κ2) is 7.42. The summed E-state index contributed by atoms with van der Waals surface area (Å²) in [4.78, 5) is 0. The molecule has 0 bridgehead atoms. The summed E-state index contributed by atoms with van der Waals surface area (Å²) < 4.78 is 11.7. The van der Waals surface area contributed by atoms with Crippen molar-refractivity contribution >= 4 is 0 Å². The zero-order chi connectivity index (χ0) is 13.5. The Bertz CT molecular complexity index is 355. The Labute approximate surface area is 117 Å². The zero-order valence-electron chi connectivity index (χ0n) is 12.3. The summed E-state index contributed by atoms with van der Waals surface area (Å²) in [5.74, 6) is 2.69. The van der Waals surface area contributed by atoms with Gasteiger partial charge >= 0.3 is 0 Å². The predicted molar refractivity (Wildman–Crippen MR) is 79.2 cm³/mol. The molecule has 0 N–H and O–H groups in total. The average molecular weight is 262 g/mol. The summed E-state index contributed by atoms with van der Waals surface area (Å²) in [6.07, 6.45) is 7.18. The van der Waals surface area contributed by atoms with E-state index in [2.05, 4.69) is 26.0 Å². The van der Waals surface area contributed by atoms with E-state index in [1.807, 2.05) is 6.07 Å². The van der Waals surface area contributed by atoms with Gasteiger partial charge in [0.2, 0.25) is 0 Å². The maximum absolute atomic E-state index is 5.83. The van der Waals surface area contributed by atoms with Crippen LogP contribution >= 0.6 is 0 Å². The summed E-state index contributed by atoms with van der Waals surface area (Å²) in [7, 11) is 0. The standard InChI is InChI=1S/C17H26O2/c1-3-5-9-18-16-11-15(14-7-8-14)12-17(13-16)19-10-6-4-2/h11-14H,3-10H2,1-2H3. The van der Waals surface area contributed by atoms with E-state index in [1.54, 1.807) is 0 Å². The van der Waals surface area contributed by atoms with Crippen molar-refractivity contribution in [3.8, 4) is 11.5 Å². The van der Waals surface area contributed by atoms with E-state index < -0.39 is 0 Å². The van der Waals surface area contributed by atoms with Gasteiger partial charge < -0.3 is 9.47 Å². The van der Waals surface area contributed by atoms with Crippen LogP contribution in [-0.2, 0) is 0 Å². The number of rotatable bonds is 9. The van der Waals surface area contributed by atoms with Crippen molar-refractivity contribution < 1.29 is 9.47 Å². The molecule has 2 heteroatoms. The fourth-order valence-corrected chi connectivity index (χ4v) is 2.08. The minimum Gasteiger partial charge on any atom is -0.493 e. The monoisotopic (exact) mass is 262 g/mol. The van der Waals surface area contributed by atoms with Crippen LogP contribution < -0.4 is 9.47 Å². The highest BCUT2D eigenvalue weighted by Crippen LogP contribution is 2.42. The zero-order valence-corrected chi connectivity index (χ0v) is 12.3. The van der Waals surface area contributed by atoms with Gasteiger partial charge in [0.1, 0.15) is 11.5 Å². The van der Waals surface area contributed by atoms with E-state index in [9.17, 15) is 0 Å². The lowest BCUT2D eigenvalue weighted by Gasteiger charge is -2.12. The maximum Gasteiger partial charge on any atom is 0.123 e. The molecule has 1 aliphatic carbocycles. The van der Waals surface area contributed by atoms with E-state index in [0.717, 1.165) is 43.5 Å². The Balaban J connectivity index is 1.99. The molecule has 0 aromatic heterocycles. The van der Waals surface area contributed by atoms with Crippen molar-refractivity contribution in [3.05, 3.63) is 23.8 Å². The first-order valence-electron chi connectivity index (χ1n) is 7.74. The molecule has 0 spiro atoms. The van der Waals surface area contributed by atoms with Gasteiger partial charge in [-0.3, -0.25) is 0 Å². The summed E-state index contributed by atoms with van der Waals surface area (Å²) in [6, 6.07) is 6.43. The van der Waals surface area contributed by atoms with Crippen molar-refractivity contribution in [2.75, 3.05) is 13.2 Å². The lowest BCUT2D eigenvalue weighted by molar-refractivity contribution is 0.293.